The third-order valence-electron chi connectivity index (χ3n) is 2.88. The Kier molecular flexibility index (Phi) is 7.13. The van der Waals surface area contributed by atoms with Gasteiger partial charge in [-0.3, -0.25) is 0 Å². The Balaban J connectivity index is 2.21. The van der Waals surface area contributed by atoms with Crippen molar-refractivity contribution in [2.45, 2.75) is 32.2 Å². The predicted molar refractivity (Wildman–Crippen MR) is 76.8 cm³/mol. The van der Waals surface area contributed by atoms with Crippen LogP contribution in [0.3, 0.4) is 0 Å². The van der Waals surface area contributed by atoms with Gasteiger partial charge in [-0.15, -0.1) is 0 Å². The van der Waals surface area contributed by atoms with Crippen molar-refractivity contribution in [2.24, 2.45) is 0 Å². The zero-order valence-corrected chi connectivity index (χ0v) is 11.6. The third-order valence-corrected chi connectivity index (χ3v) is 3.58. The van der Waals surface area contributed by atoms with Gasteiger partial charge in [0.25, 0.3) is 0 Å². The molecule has 0 amide bonds. The van der Waals surface area contributed by atoms with Gasteiger partial charge in [-0.2, -0.15) is 11.8 Å². The summed E-state index contributed by atoms with van der Waals surface area (Å²) in [7, 11) is 0. The van der Waals surface area contributed by atoms with E-state index in [2.05, 4.69) is 18.5 Å². The van der Waals surface area contributed by atoms with E-state index >= 15 is 0 Å². The molecule has 0 saturated carbocycles. The molecule has 3 heteroatoms. The van der Waals surface area contributed by atoms with Crippen molar-refractivity contribution < 1.29 is 5.11 Å². The lowest BCUT2D eigenvalue weighted by Crippen LogP contribution is -2.19. The van der Waals surface area contributed by atoms with Gasteiger partial charge in [0.1, 0.15) is 5.75 Å². The fourth-order valence-corrected chi connectivity index (χ4v) is 2.32. The number of rotatable bonds is 8. The van der Waals surface area contributed by atoms with Crippen LogP contribution in [-0.2, 0) is 0 Å². The second-order valence-corrected chi connectivity index (χ2v) is 5.27. The summed E-state index contributed by atoms with van der Waals surface area (Å²) in [5, 5.41) is 13.2. The van der Waals surface area contributed by atoms with E-state index in [-0.39, 0.29) is 6.04 Å². The second kappa shape index (κ2) is 8.43. The number of benzene rings is 1. The molecule has 0 aliphatic carbocycles. The van der Waals surface area contributed by atoms with Gasteiger partial charge in [-0.05, 0) is 44.4 Å². The minimum atomic E-state index is 0.219. The molecule has 0 fully saturated rings. The zero-order chi connectivity index (χ0) is 12.5. The average Bonchev–Trinajstić information content (AvgIpc) is 2.34. The fourth-order valence-electron chi connectivity index (χ4n) is 1.83. The molecule has 0 radical (unpaired) electrons. The van der Waals surface area contributed by atoms with Crippen LogP contribution >= 0.6 is 11.8 Å². The summed E-state index contributed by atoms with van der Waals surface area (Å²) < 4.78 is 0. The van der Waals surface area contributed by atoms with Gasteiger partial charge in [-0.1, -0.05) is 24.6 Å². The highest BCUT2D eigenvalue weighted by Crippen LogP contribution is 2.22. The van der Waals surface area contributed by atoms with E-state index in [0.717, 1.165) is 12.1 Å². The lowest BCUT2D eigenvalue weighted by Gasteiger charge is -2.15. The lowest BCUT2D eigenvalue weighted by atomic mass is 10.1. The van der Waals surface area contributed by atoms with Crippen molar-refractivity contribution >= 4 is 11.8 Å². The zero-order valence-electron chi connectivity index (χ0n) is 10.8. The molecule has 0 saturated heterocycles. The van der Waals surface area contributed by atoms with Crippen molar-refractivity contribution in [2.75, 3.05) is 18.6 Å². The summed E-state index contributed by atoms with van der Waals surface area (Å²) in [6, 6.07) is 7.75. The number of para-hydroxylation sites is 1. The molecule has 2 nitrogen and oxygen atoms in total. The maximum atomic E-state index is 9.71. The SMILES string of the molecule is CSCCCCCNC(C)c1ccccc1O. The Morgan fingerprint density at radius 2 is 2.00 bits per heavy atom. The Morgan fingerprint density at radius 1 is 1.24 bits per heavy atom. The van der Waals surface area contributed by atoms with Crippen LogP contribution in [0.25, 0.3) is 0 Å². The molecule has 0 bridgehead atoms. The minimum absolute atomic E-state index is 0.219. The van der Waals surface area contributed by atoms with Gasteiger partial charge in [0.05, 0.1) is 0 Å². The van der Waals surface area contributed by atoms with Crippen molar-refractivity contribution in [3.63, 3.8) is 0 Å². The molecule has 17 heavy (non-hydrogen) atoms. The Morgan fingerprint density at radius 3 is 2.71 bits per heavy atom. The highest BCUT2D eigenvalue weighted by atomic mass is 32.2. The maximum absolute atomic E-state index is 9.71. The van der Waals surface area contributed by atoms with E-state index in [0.29, 0.717) is 5.75 Å². The number of phenols is 1. The van der Waals surface area contributed by atoms with Gasteiger partial charge < -0.3 is 10.4 Å². The molecule has 0 aliphatic heterocycles. The number of thioether (sulfide) groups is 1. The van der Waals surface area contributed by atoms with E-state index < -0.39 is 0 Å². The summed E-state index contributed by atoms with van der Waals surface area (Å²) in [6.45, 7) is 3.11. The predicted octanol–water partition coefficient (Wildman–Crippen LogP) is 3.58. The number of hydrogen-bond donors (Lipinski definition) is 2. The number of unbranched alkanes of at least 4 members (excludes halogenated alkanes) is 2. The molecule has 1 aromatic carbocycles. The van der Waals surface area contributed by atoms with Crippen molar-refractivity contribution in [3.8, 4) is 5.75 Å². The highest BCUT2D eigenvalue weighted by molar-refractivity contribution is 7.98. The van der Waals surface area contributed by atoms with E-state index in [9.17, 15) is 5.11 Å². The summed E-state index contributed by atoms with van der Waals surface area (Å²) in [4.78, 5) is 0. The molecule has 1 unspecified atom stereocenters. The molecule has 1 rings (SSSR count). The van der Waals surface area contributed by atoms with Gasteiger partial charge in [0, 0.05) is 11.6 Å². The van der Waals surface area contributed by atoms with Gasteiger partial charge in [0.15, 0.2) is 0 Å². The molecule has 0 aromatic heterocycles. The molecule has 0 spiro atoms. The largest absolute Gasteiger partial charge is 0.508 e. The first-order valence-corrected chi connectivity index (χ1v) is 7.65. The normalized spacial score (nSPS) is 12.6. The molecule has 2 N–H and O–H groups in total. The van der Waals surface area contributed by atoms with Crippen LogP contribution in [0.4, 0.5) is 0 Å². The average molecular weight is 253 g/mol. The molecular formula is C14H23NOS. The quantitative estimate of drug-likeness (QED) is 0.695. The van der Waals surface area contributed by atoms with E-state index in [1.54, 1.807) is 6.07 Å². The van der Waals surface area contributed by atoms with Crippen LogP contribution in [0.5, 0.6) is 5.75 Å². The van der Waals surface area contributed by atoms with Crippen molar-refractivity contribution in [1.82, 2.24) is 5.32 Å². The number of nitrogens with one attached hydrogen (secondary N) is 1. The smallest absolute Gasteiger partial charge is 0.120 e. The summed E-state index contributed by atoms with van der Waals surface area (Å²) >= 11 is 1.91. The van der Waals surface area contributed by atoms with Crippen molar-refractivity contribution in [3.05, 3.63) is 29.8 Å². The van der Waals surface area contributed by atoms with Crippen LogP contribution in [0.1, 0.15) is 37.8 Å². The van der Waals surface area contributed by atoms with E-state index in [1.165, 1.54) is 25.0 Å². The Bertz CT molecular complexity index is 317. The van der Waals surface area contributed by atoms with Crippen LogP contribution in [-0.4, -0.2) is 23.7 Å². The minimum Gasteiger partial charge on any atom is -0.508 e. The molecule has 96 valence electrons. The first kappa shape index (κ1) is 14.4. The van der Waals surface area contributed by atoms with Crippen LogP contribution < -0.4 is 5.32 Å². The number of hydrogen-bond acceptors (Lipinski definition) is 3. The first-order chi connectivity index (χ1) is 8.25. The molecule has 0 aliphatic rings. The molecule has 1 aromatic rings. The van der Waals surface area contributed by atoms with Crippen LogP contribution in [0.15, 0.2) is 24.3 Å². The second-order valence-electron chi connectivity index (χ2n) is 4.29. The van der Waals surface area contributed by atoms with Gasteiger partial charge in [-0.25, -0.2) is 0 Å². The monoisotopic (exact) mass is 253 g/mol. The molecule has 0 heterocycles. The van der Waals surface area contributed by atoms with Gasteiger partial charge >= 0.3 is 0 Å². The summed E-state index contributed by atoms with van der Waals surface area (Å²) in [5.41, 5.74) is 0.983. The number of aromatic hydroxyl groups is 1. The summed E-state index contributed by atoms with van der Waals surface area (Å²) in [5.74, 6) is 1.64. The lowest BCUT2D eigenvalue weighted by molar-refractivity contribution is 0.451. The maximum Gasteiger partial charge on any atom is 0.120 e. The Labute approximate surface area is 109 Å². The number of phenolic OH excluding ortho intramolecular Hbond substituents is 1. The van der Waals surface area contributed by atoms with Gasteiger partial charge in [0.2, 0.25) is 0 Å². The first-order valence-electron chi connectivity index (χ1n) is 6.26. The summed E-state index contributed by atoms with van der Waals surface area (Å²) in [6.07, 6.45) is 5.94. The topological polar surface area (TPSA) is 32.3 Å². The highest BCUT2D eigenvalue weighted by Gasteiger charge is 2.07. The van der Waals surface area contributed by atoms with Crippen LogP contribution in [0.2, 0.25) is 0 Å². The fraction of sp³-hybridized carbons (Fsp3) is 0.571. The molecule has 1 atom stereocenters. The van der Waals surface area contributed by atoms with E-state index in [4.69, 9.17) is 0 Å². The standard InChI is InChI=1S/C14H23NOS/c1-12(13-8-4-5-9-14(13)16)15-10-6-3-7-11-17-2/h4-5,8-9,12,15-16H,3,6-7,10-11H2,1-2H3. The van der Waals surface area contributed by atoms with Crippen molar-refractivity contribution in [1.29, 1.82) is 0 Å². The third kappa shape index (κ3) is 5.46. The van der Waals surface area contributed by atoms with Crippen LogP contribution in [0, 0.1) is 0 Å². The molecular weight excluding hydrogens is 230 g/mol. The van der Waals surface area contributed by atoms with E-state index in [1.807, 2.05) is 30.0 Å². The Hall–Kier alpha value is -0.670.